The third-order valence-corrected chi connectivity index (χ3v) is 4.05. The number of thioether (sulfide) groups is 1. The van der Waals surface area contributed by atoms with Crippen LogP contribution in [0.25, 0.3) is 0 Å². The van der Waals surface area contributed by atoms with Crippen molar-refractivity contribution in [2.75, 3.05) is 5.32 Å². The lowest BCUT2D eigenvalue weighted by atomic mass is 10.1. The van der Waals surface area contributed by atoms with E-state index in [1.165, 1.54) is 17.8 Å². The molecule has 106 valence electrons. The van der Waals surface area contributed by atoms with Crippen LogP contribution in [0, 0.1) is 5.92 Å². The van der Waals surface area contributed by atoms with Gasteiger partial charge in [-0.05, 0) is 18.2 Å². The maximum atomic E-state index is 12.0. The number of nitrogens with one attached hydrogen (secondary N) is 3. The summed E-state index contributed by atoms with van der Waals surface area (Å²) >= 11 is 1.17. The first-order valence-electron chi connectivity index (χ1n) is 6.00. The first-order chi connectivity index (χ1) is 10.0. The summed E-state index contributed by atoms with van der Waals surface area (Å²) < 4.78 is 0. The summed E-state index contributed by atoms with van der Waals surface area (Å²) in [6.07, 6.45) is 1.26. The van der Waals surface area contributed by atoms with E-state index in [0.29, 0.717) is 5.69 Å². The van der Waals surface area contributed by atoms with Crippen LogP contribution in [0.1, 0.15) is 0 Å². The van der Waals surface area contributed by atoms with Crippen molar-refractivity contribution >= 4 is 41.2 Å². The van der Waals surface area contributed by atoms with Crippen molar-refractivity contribution < 1.29 is 19.2 Å². The number of barbiturate groups is 1. The SMILES string of the molecule is O=C1NC(=O)C(/C=C2/Sc3ccccc3NC2=O)C(=O)N1. The summed E-state index contributed by atoms with van der Waals surface area (Å²) in [7, 11) is 0. The maximum Gasteiger partial charge on any atom is 0.328 e. The van der Waals surface area contributed by atoms with E-state index < -0.39 is 29.7 Å². The van der Waals surface area contributed by atoms with Gasteiger partial charge in [-0.3, -0.25) is 25.0 Å². The number of rotatable bonds is 1. The van der Waals surface area contributed by atoms with Gasteiger partial charge in [-0.15, -0.1) is 0 Å². The Morgan fingerprint density at radius 3 is 2.33 bits per heavy atom. The molecule has 0 aliphatic carbocycles. The molecule has 0 saturated carbocycles. The van der Waals surface area contributed by atoms with Crippen LogP contribution in [-0.2, 0) is 14.4 Å². The van der Waals surface area contributed by atoms with E-state index in [0.717, 1.165) is 4.90 Å². The molecule has 0 unspecified atom stereocenters. The van der Waals surface area contributed by atoms with Gasteiger partial charge in [-0.25, -0.2) is 4.79 Å². The van der Waals surface area contributed by atoms with Gasteiger partial charge in [0, 0.05) is 4.90 Å². The highest BCUT2D eigenvalue weighted by Crippen LogP contribution is 2.38. The summed E-state index contributed by atoms with van der Waals surface area (Å²) in [5, 5.41) is 6.66. The first-order valence-corrected chi connectivity index (χ1v) is 6.82. The average Bonchev–Trinajstić information content (AvgIpc) is 2.43. The summed E-state index contributed by atoms with van der Waals surface area (Å²) in [4.78, 5) is 47.3. The Hall–Kier alpha value is -2.61. The zero-order valence-corrected chi connectivity index (χ0v) is 11.3. The van der Waals surface area contributed by atoms with Gasteiger partial charge in [0.25, 0.3) is 5.91 Å². The van der Waals surface area contributed by atoms with E-state index in [1.54, 1.807) is 12.1 Å². The number of hydrogen-bond acceptors (Lipinski definition) is 5. The van der Waals surface area contributed by atoms with Gasteiger partial charge in [0.15, 0.2) is 0 Å². The van der Waals surface area contributed by atoms with Crippen LogP contribution < -0.4 is 16.0 Å². The number of anilines is 1. The van der Waals surface area contributed by atoms with Crippen LogP contribution in [0.4, 0.5) is 10.5 Å². The number of amides is 5. The van der Waals surface area contributed by atoms with Gasteiger partial charge < -0.3 is 5.32 Å². The highest BCUT2D eigenvalue weighted by Gasteiger charge is 2.34. The lowest BCUT2D eigenvalue weighted by Crippen LogP contribution is -2.55. The van der Waals surface area contributed by atoms with Gasteiger partial charge in [-0.2, -0.15) is 0 Å². The molecular formula is C13H9N3O4S. The number of urea groups is 1. The highest BCUT2D eigenvalue weighted by atomic mass is 32.2. The van der Waals surface area contributed by atoms with Crippen molar-refractivity contribution in [3.8, 4) is 0 Å². The molecule has 0 bridgehead atoms. The molecule has 1 saturated heterocycles. The zero-order valence-electron chi connectivity index (χ0n) is 10.5. The van der Waals surface area contributed by atoms with E-state index in [-0.39, 0.29) is 4.91 Å². The second-order valence-corrected chi connectivity index (χ2v) is 5.45. The second kappa shape index (κ2) is 5.06. The molecule has 2 heterocycles. The third kappa shape index (κ3) is 2.52. The molecule has 1 aromatic carbocycles. The van der Waals surface area contributed by atoms with E-state index in [9.17, 15) is 19.2 Å². The molecule has 2 aliphatic heterocycles. The fraction of sp³-hybridized carbons (Fsp3) is 0.0769. The van der Waals surface area contributed by atoms with Gasteiger partial charge in [0.2, 0.25) is 11.8 Å². The first kappa shape index (κ1) is 13.4. The molecule has 0 spiro atoms. The number of fused-ring (bicyclic) bond motifs is 1. The molecule has 3 N–H and O–H groups in total. The molecule has 0 atom stereocenters. The molecule has 7 nitrogen and oxygen atoms in total. The topological polar surface area (TPSA) is 104 Å². The number of benzene rings is 1. The Balaban J connectivity index is 1.90. The van der Waals surface area contributed by atoms with E-state index in [1.807, 2.05) is 22.8 Å². The number of para-hydroxylation sites is 1. The minimum atomic E-state index is -1.21. The molecule has 3 rings (SSSR count). The zero-order chi connectivity index (χ0) is 15.0. The normalized spacial score (nSPS) is 20.7. The summed E-state index contributed by atoms with van der Waals surface area (Å²) in [5.74, 6) is -3.09. The minimum Gasteiger partial charge on any atom is -0.320 e. The summed E-state index contributed by atoms with van der Waals surface area (Å²) in [5.41, 5.74) is 0.678. The van der Waals surface area contributed by atoms with Crippen molar-refractivity contribution in [1.29, 1.82) is 0 Å². The molecule has 21 heavy (non-hydrogen) atoms. The molecule has 0 aromatic heterocycles. The van der Waals surface area contributed by atoms with Crippen LogP contribution in [0.15, 0.2) is 40.1 Å². The van der Waals surface area contributed by atoms with E-state index in [4.69, 9.17) is 0 Å². The van der Waals surface area contributed by atoms with Crippen LogP contribution >= 0.6 is 11.8 Å². The van der Waals surface area contributed by atoms with Crippen molar-refractivity contribution in [2.24, 2.45) is 5.92 Å². The maximum absolute atomic E-state index is 12.0. The van der Waals surface area contributed by atoms with E-state index in [2.05, 4.69) is 5.32 Å². The molecule has 2 aliphatic rings. The molecule has 1 aromatic rings. The van der Waals surface area contributed by atoms with Gasteiger partial charge in [0.05, 0.1) is 10.6 Å². The largest absolute Gasteiger partial charge is 0.328 e. The van der Waals surface area contributed by atoms with Gasteiger partial charge in [0.1, 0.15) is 5.92 Å². The van der Waals surface area contributed by atoms with E-state index >= 15 is 0 Å². The van der Waals surface area contributed by atoms with Crippen molar-refractivity contribution in [1.82, 2.24) is 10.6 Å². The van der Waals surface area contributed by atoms with Crippen LogP contribution in [0.3, 0.4) is 0 Å². The Bertz CT molecular complexity index is 693. The monoisotopic (exact) mass is 303 g/mol. The smallest absolute Gasteiger partial charge is 0.320 e. The molecule has 1 fully saturated rings. The van der Waals surface area contributed by atoms with Gasteiger partial charge in [-0.1, -0.05) is 23.9 Å². The van der Waals surface area contributed by atoms with Gasteiger partial charge >= 0.3 is 6.03 Å². The Labute approximate surface area is 123 Å². The molecule has 5 amide bonds. The number of carbonyl (C=O) groups is 4. The number of imide groups is 2. The third-order valence-electron chi connectivity index (χ3n) is 2.94. The highest BCUT2D eigenvalue weighted by molar-refractivity contribution is 8.04. The summed E-state index contributed by atoms with van der Waals surface area (Å²) in [6.45, 7) is 0. The standard InChI is InChI=1S/C13H9N3O4S/c17-10-6(11(18)16-13(20)15-10)5-9-12(19)14-7-3-1-2-4-8(7)21-9/h1-6H,(H,14,19)(H2,15,16,17,18,20)/b9-5+. The van der Waals surface area contributed by atoms with Crippen LogP contribution in [-0.4, -0.2) is 23.8 Å². The predicted octanol–water partition coefficient (Wildman–Crippen LogP) is 0.597. The van der Waals surface area contributed by atoms with Crippen molar-refractivity contribution in [3.63, 3.8) is 0 Å². The Kier molecular flexibility index (Phi) is 3.22. The fourth-order valence-corrected chi connectivity index (χ4v) is 2.91. The average molecular weight is 303 g/mol. The fourth-order valence-electron chi connectivity index (χ4n) is 1.95. The Morgan fingerprint density at radius 2 is 1.62 bits per heavy atom. The Morgan fingerprint density at radius 1 is 0.952 bits per heavy atom. The van der Waals surface area contributed by atoms with Crippen molar-refractivity contribution in [3.05, 3.63) is 35.2 Å². The minimum absolute atomic E-state index is 0.235. The van der Waals surface area contributed by atoms with Crippen molar-refractivity contribution in [2.45, 2.75) is 4.90 Å². The lowest BCUT2D eigenvalue weighted by molar-refractivity contribution is -0.133. The lowest BCUT2D eigenvalue weighted by Gasteiger charge is -2.21. The second-order valence-electron chi connectivity index (χ2n) is 4.37. The van der Waals surface area contributed by atoms with Crippen LogP contribution in [0.2, 0.25) is 0 Å². The number of carbonyl (C=O) groups excluding carboxylic acids is 4. The quantitative estimate of drug-likeness (QED) is 0.520. The molecule has 0 radical (unpaired) electrons. The molecular weight excluding hydrogens is 294 g/mol. The summed E-state index contributed by atoms with van der Waals surface area (Å²) in [6, 6.07) is 6.33. The molecule has 8 heteroatoms. The predicted molar refractivity (Wildman–Crippen MR) is 74.2 cm³/mol. The van der Waals surface area contributed by atoms with Crippen LogP contribution in [0.5, 0.6) is 0 Å². The number of hydrogen-bond donors (Lipinski definition) is 3.